The van der Waals surface area contributed by atoms with Crippen LogP contribution in [0.15, 0.2) is 41.3 Å². The molecule has 0 atom stereocenters. The van der Waals surface area contributed by atoms with E-state index in [4.69, 9.17) is 0 Å². The van der Waals surface area contributed by atoms with Crippen LogP contribution in [-0.4, -0.2) is 19.5 Å². The first-order valence-corrected chi connectivity index (χ1v) is 8.06. The summed E-state index contributed by atoms with van der Waals surface area (Å²) in [5, 5.41) is 4.65. The molecule has 0 saturated heterocycles. The molecule has 0 aliphatic carbocycles. The summed E-state index contributed by atoms with van der Waals surface area (Å²) in [5.41, 5.74) is 0.883. The third-order valence-electron chi connectivity index (χ3n) is 3.20. The Morgan fingerprint density at radius 1 is 1.10 bits per heavy atom. The summed E-state index contributed by atoms with van der Waals surface area (Å²) in [4.78, 5) is -0.0532. The van der Waals surface area contributed by atoms with Crippen molar-refractivity contribution in [3.8, 4) is 0 Å². The maximum atomic E-state index is 11.4. The largest absolute Gasteiger partial charge is 0.385 e. The highest BCUT2D eigenvalue weighted by Crippen LogP contribution is 2.28. The van der Waals surface area contributed by atoms with Crippen LogP contribution >= 0.6 is 0 Å². The summed E-state index contributed by atoms with van der Waals surface area (Å²) in [6, 6.07) is 10.3. The fraction of sp³-hybridized carbons (Fsp3) is 0.333. The molecule has 0 aliphatic rings. The van der Waals surface area contributed by atoms with E-state index < -0.39 is 10.1 Å². The SMILES string of the molecule is CC(C)CCNc1cccc2c(S(=O)(=O)O)cccc12. The van der Waals surface area contributed by atoms with Gasteiger partial charge >= 0.3 is 0 Å². The average Bonchev–Trinajstić information content (AvgIpc) is 2.36. The lowest BCUT2D eigenvalue weighted by atomic mass is 10.1. The van der Waals surface area contributed by atoms with Crippen LogP contribution in [0.1, 0.15) is 20.3 Å². The maximum absolute atomic E-state index is 11.4. The Hall–Kier alpha value is -1.59. The van der Waals surface area contributed by atoms with E-state index >= 15 is 0 Å². The third kappa shape index (κ3) is 3.29. The number of rotatable bonds is 5. The van der Waals surface area contributed by atoms with Gasteiger partial charge in [0, 0.05) is 23.0 Å². The van der Waals surface area contributed by atoms with Crippen LogP contribution < -0.4 is 5.32 Å². The zero-order valence-electron chi connectivity index (χ0n) is 11.6. The Morgan fingerprint density at radius 2 is 1.75 bits per heavy atom. The third-order valence-corrected chi connectivity index (χ3v) is 4.11. The number of hydrogen-bond donors (Lipinski definition) is 2. The number of fused-ring (bicyclic) bond motifs is 1. The molecular formula is C15H19NO3S. The predicted octanol–water partition coefficient (Wildman–Crippen LogP) is 3.54. The van der Waals surface area contributed by atoms with Crippen molar-refractivity contribution in [3.05, 3.63) is 36.4 Å². The Bertz CT molecular complexity index is 708. The summed E-state index contributed by atoms with van der Waals surface area (Å²) in [6.45, 7) is 5.13. The molecule has 0 aliphatic heterocycles. The molecule has 0 unspecified atom stereocenters. The number of anilines is 1. The molecule has 2 N–H and O–H groups in total. The van der Waals surface area contributed by atoms with E-state index in [1.54, 1.807) is 18.2 Å². The van der Waals surface area contributed by atoms with Gasteiger partial charge in [0.15, 0.2) is 0 Å². The molecule has 2 rings (SSSR count). The fourth-order valence-electron chi connectivity index (χ4n) is 2.16. The second-order valence-electron chi connectivity index (χ2n) is 5.24. The monoisotopic (exact) mass is 293 g/mol. The van der Waals surface area contributed by atoms with E-state index in [-0.39, 0.29) is 4.90 Å². The van der Waals surface area contributed by atoms with Crippen LogP contribution in [0.5, 0.6) is 0 Å². The lowest BCUT2D eigenvalue weighted by molar-refractivity contribution is 0.484. The van der Waals surface area contributed by atoms with Crippen LogP contribution in [0.4, 0.5) is 5.69 Å². The second-order valence-corrected chi connectivity index (χ2v) is 6.63. The van der Waals surface area contributed by atoms with Gasteiger partial charge in [-0.2, -0.15) is 8.42 Å². The van der Waals surface area contributed by atoms with Crippen molar-refractivity contribution in [1.29, 1.82) is 0 Å². The number of benzene rings is 2. The summed E-state index contributed by atoms with van der Waals surface area (Å²) in [7, 11) is -4.21. The highest BCUT2D eigenvalue weighted by Gasteiger charge is 2.14. The van der Waals surface area contributed by atoms with Crippen molar-refractivity contribution in [2.24, 2.45) is 5.92 Å². The molecule has 0 spiro atoms. The molecule has 0 radical (unpaired) electrons. The van der Waals surface area contributed by atoms with Crippen molar-refractivity contribution >= 4 is 26.6 Å². The predicted molar refractivity (Wildman–Crippen MR) is 81.7 cm³/mol. The van der Waals surface area contributed by atoms with Crippen LogP contribution in [0.3, 0.4) is 0 Å². The van der Waals surface area contributed by atoms with Crippen molar-refractivity contribution in [1.82, 2.24) is 0 Å². The summed E-state index contributed by atoms with van der Waals surface area (Å²) in [5.74, 6) is 0.603. The van der Waals surface area contributed by atoms with Crippen molar-refractivity contribution in [2.75, 3.05) is 11.9 Å². The van der Waals surface area contributed by atoms with Gasteiger partial charge in [0.25, 0.3) is 10.1 Å². The Labute approximate surface area is 119 Å². The fourth-order valence-corrected chi connectivity index (χ4v) is 2.86. The normalized spacial score (nSPS) is 12.0. The Balaban J connectivity index is 2.43. The minimum atomic E-state index is -4.21. The van der Waals surface area contributed by atoms with Gasteiger partial charge in [-0.05, 0) is 24.5 Å². The molecule has 108 valence electrons. The quantitative estimate of drug-likeness (QED) is 0.827. The smallest absolute Gasteiger partial charge is 0.295 e. The molecule has 5 heteroatoms. The van der Waals surface area contributed by atoms with Gasteiger partial charge in [-0.1, -0.05) is 38.1 Å². The Morgan fingerprint density at radius 3 is 2.40 bits per heavy atom. The summed E-state index contributed by atoms with van der Waals surface area (Å²) < 4.78 is 32.1. The molecule has 4 nitrogen and oxygen atoms in total. The van der Waals surface area contributed by atoms with Crippen molar-refractivity contribution in [2.45, 2.75) is 25.2 Å². The molecule has 0 heterocycles. The van der Waals surface area contributed by atoms with E-state index in [0.29, 0.717) is 11.3 Å². The number of hydrogen-bond acceptors (Lipinski definition) is 3. The Kier molecular flexibility index (Phi) is 4.30. The standard InChI is InChI=1S/C15H19NO3S/c1-11(2)9-10-16-14-7-3-6-13-12(14)5-4-8-15(13)20(17,18)19/h3-8,11,16H,9-10H2,1-2H3,(H,17,18,19). The van der Waals surface area contributed by atoms with Gasteiger partial charge in [0.1, 0.15) is 4.90 Å². The summed E-state index contributed by atoms with van der Waals surface area (Å²) >= 11 is 0. The van der Waals surface area contributed by atoms with Gasteiger partial charge < -0.3 is 5.32 Å². The van der Waals surface area contributed by atoms with Gasteiger partial charge in [-0.25, -0.2) is 0 Å². The van der Waals surface area contributed by atoms with Crippen LogP contribution in [0, 0.1) is 5.92 Å². The molecule has 20 heavy (non-hydrogen) atoms. The first kappa shape index (κ1) is 14.8. The molecular weight excluding hydrogens is 274 g/mol. The van der Waals surface area contributed by atoms with E-state index in [1.807, 2.05) is 12.1 Å². The first-order valence-electron chi connectivity index (χ1n) is 6.62. The number of nitrogens with one attached hydrogen (secondary N) is 1. The molecule has 0 bridgehead atoms. The molecule has 0 saturated carbocycles. The molecule has 0 aromatic heterocycles. The zero-order chi connectivity index (χ0) is 14.8. The molecule has 2 aromatic rings. The van der Waals surface area contributed by atoms with Gasteiger partial charge in [0.2, 0.25) is 0 Å². The van der Waals surface area contributed by atoms with Gasteiger partial charge in [0.05, 0.1) is 0 Å². The van der Waals surface area contributed by atoms with Crippen molar-refractivity contribution < 1.29 is 13.0 Å². The average molecular weight is 293 g/mol. The topological polar surface area (TPSA) is 66.4 Å². The van der Waals surface area contributed by atoms with E-state index in [1.165, 1.54) is 6.07 Å². The molecule has 0 fully saturated rings. The minimum absolute atomic E-state index is 0.0532. The van der Waals surface area contributed by atoms with Gasteiger partial charge in [-0.15, -0.1) is 0 Å². The highest BCUT2D eigenvalue weighted by atomic mass is 32.2. The first-order chi connectivity index (χ1) is 9.39. The lowest BCUT2D eigenvalue weighted by Crippen LogP contribution is -2.05. The van der Waals surface area contributed by atoms with E-state index in [0.717, 1.165) is 24.0 Å². The van der Waals surface area contributed by atoms with E-state index in [9.17, 15) is 13.0 Å². The zero-order valence-corrected chi connectivity index (χ0v) is 12.4. The lowest BCUT2D eigenvalue weighted by Gasteiger charge is -2.12. The van der Waals surface area contributed by atoms with Crippen molar-refractivity contribution in [3.63, 3.8) is 0 Å². The summed E-state index contributed by atoms with van der Waals surface area (Å²) in [6.07, 6.45) is 1.04. The minimum Gasteiger partial charge on any atom is -0.385 e. The van der Waals surface area contributed by atoms with Gasteiger partial charge in [-0.3, -0.25) is 4.55 Å². The van der Waals surface area contributed by atoms with Crippen LogP contribution in [-0.2, 0) is 10.1 Å². The highest BCUT2D eigenvalue weighted by molar-refractivity contribution is 7.86. The second kappa shape index (κ2) is 5.81. The van der Waals surface area contributed by atoms with Crippen LogP contribution in [0.2, 0.25) is 0 Å². The maximum Gasteiger partial charge on any atom is 0.295 e. The van der Waals surface area contributed by atoms with Crippen LogP contribution in [0.25, 0.3) is 10.8 Å². The van der Waals surface area contributed by atoms with E-state index in [2.05, 4.69) is 19.2 Å². The molecule has 2 aromatic carbocycles. The molecule has 0 amide bonds.